The van der Waals surface area contributed by atoms with E-state index in [1.807, 2.05) is 0 Å². The summed E-state index contributed by atoms with van der Waals surface area (Å²) in [5.74, 6) is 5.84. The molecule has 0 atom stereocenters. The first kappa shape index (κ1) is 15.5. The molecule has 1 saturated heterocycles. The zero-order valence-electron chi connectivity index (χ0n) is 7.49. The summed E-state index contributed by atoms with van der Waals surface area (Å²) in [5, 5.41) is 0. The van der Waals surface area contributed by atoms with Gasteiger partial charge in [0.2, 0.25) is 0 Å². The number of nitrogens with two attached hydrogens (primary N) is 1. The maximum atomic E-state index is 5.23. The van der Waals surface area contributed by atoms with Gasteiger partial charge in [-0.05, 0) is 0 Å². The van der Waals surface area contributed by atoms with Crippen LogP contribution in [0.25, 0.3) is 0 Å². The third-order valence-electron chi connectivity index (χ3n) is 1.63. The Morgan fingerprint density at radius 2 is 1.77 bits per heavy atom. The van der Waals surface area contributed by atoms with E-state index >= 15 is 0 Å². The summed E-state index contributed by atoms with van der Waals surface area (Å²) in [7, 11) is 0. The Hall–Kier alpha value is 0.0200. The van der Waals surface area contributed by atoms with Crippen LogP contribution < -0.4 is 5.73 Å². The lowest BCUT2D eigenvalue weighted by Gasteiger charge is -2.24. The van der Waals surface area contributed by atoms with Gasteiger partial charge in [0.15, 0.2) is 0 Å². The van der Waals surface area contributed by atoms with Crippen molar-refractivity contribution in [2.24, 2.45) is 5.73 Å². The van der Waals surface area contributed by atoms with E-state index in [0.29, 0.717) is 6.54 Å². The van der Waals surface area contributed by atoms with Gasteiger partial charge in [-0.15, -0.1) is 24.8 Å². The molecule has 0 aromatic rings. The maximum absolute atomic E-state index is 5.23. The molecule has 1 fully saturated rings. The van der Waals surface area contributed by atoms with Crippen LogP contribution in [0.3, 0.4) is 0 Å². The molecule has 2 N–H and O–H groups in total. The molecule has 0 spiro atoms. The van der Waals surface area contributed by atoms with Crippen molar-refractivity contribution in [3.05, 3.63) is 0 Å². The molecular weight excluding hydrogens is 211 g/mol. The van der Waals surface area contributed by atoms with Crippen LogP contribution in [0.1, 0.15) is 0 Å². The first-order valence-corrected chi connectivity index (χ1v) is 3.89. The lowest BCUT2D eigenvalue weighted by molar-refractivity contribution is 0.0443. The molecule has 1 aliphatic heterocycles. The summed E-state index contributed by atoms with van der Waals surface area (Å²) >= 11 is 0. The number of hydrogen-bond donors (Lipinski definition) is 1. The smallest absolute Gasteiger partial charge is 0.0603 e. The second kappa shape index (κ2) is 10.1. The minimum atomic E-state index is 0. The fraction of sp³-hybridized carbons (Fsp3) is 0.750. The van der Waals surface area contributed by atoms with Gasteiger partial charge >= 0.3 is 0 Å². The van der Waals surface area contributed by atoms with Gasteiger partial charge in [-0.1, -0.05) is 11.8 Å². The summed E-state index contributed by atoms with van der Waals surface area (Å²) in [6.07, 6.45) is 0. The van der Waals surface area contributed by atoms with E-state index in [1.54, 1.807) is 0 Å². The zero-order valence-corrected chi connectivity index (χ0v) is 9.12. The number of hydrogen-bond acceptors (Lipinski definition) is 3. The van der Waals surface area contributed by atoms with Crippen LogP contribution in [0.2, 0.25) is 0 Å². The monoisotopic (exact) mass is 226 g/mol. The van der Waals surface area contributed by atoms with E-state index in [9.17, 15) is 0 Å². The predicted octanol–water partition coefficient (Wildman–Crippen LogP) is 0.124. The van der Waals surface area contributed by atoms with E-state index < -0.39 is 0 Å². The molecule has 0 bridgehead atoms. The van der Waals surface area contributed by atoms with Gasteiger partial charge in [-0.3, -0.25) is 4.90 Å². The van der Waals surface area contributed by atoms with Gasteiger partial charge in [0.05, 0.1) is 26.3 Å². The van der Waals surface area contributed by atoms with Crippen LogP contribution in [-0.2, 0) is 4.74 Å². The Morgan fingerprint density at radius 1 is 1.15 bits per heavy atom. The van der Waals surface area contributed by atoms with Crippen LogP contribution >= 0.6 is 24.8 Å². The fourth-order valence-electron chi connectivity index (χ4n) is 0.999. The largest absolute Gasteiger partial charge is 0.379 e. The normalized spacial score (nSPS) is 16.1. The minimum absolute atomic E-state index is 0. The number of morpholine rings is 1. The lowest BCUT2D eigenvalue weighted by Crippen LogP contribution is -2.36. The Balaban J connectivity index is 0. The molecule has 78 valence electrons. The molecule has 5 heteroatoms. The van der Waals surface area contributed by atoms with Gasteiger partial charge in [-0.25, -0.2) is 0 Å². The van der Waals surface area contributed by atoms with Crippen LogP contribution in [0.15, 0.2) is 0 Å². The van der Waals surface area contributed by atoms with Gasteiger partial charge in [0.25, 0.3) is 0 Å². The first-order chi connectivity index (χ1) is 5.43. The third kappa shape index (κ3) is 7.12. The van der Waals surface area contributed by atoms with Crippen LogP contribution in [0, 0.1) is 11.8 Å². The van der Waals surface area contributed by atoms with Gasteiger partial charge in [-0.2, -0.15) is 0 Å². The highest BCUT2D eigenvalue weighted by atomic mass is 35.5. The molecule has 0 radical (unpaired) electrons. The highest BCUT2D eigenvalue weighted by Crippen LogP contribution is 1.94. The molecule has 0 aliphatic carbocycles. The molecule has 1 heterocycles. The van der Waals surface area contributed by atoms with Crippen molar-refractivity contribution in [2.45, 2.75) is 0 Å². The van der Waals surface area contributed by atoms with Crippen molar-refractivity contribution in [1.29, 1.82) is 0 Å². The standard InChI is InChI=1S/C8H14N2O.2ClH/c9-3-1-2-4-10-5-7-11-8-6-10;;/h3-9H2;2*1H. The highest BCUT2D eigenvalue weighted by molar-refractivity contribution is 5.85. The number of nitrogens with zero attached hydrogens (tertiary/aromatic N) is 1. The fourth-order valence-corrected chi connectivity index (χ4v) is 0.999. The van der Waals surface area contributed by atoms with Gasteiger partial charge < -0.3 is 10.5 Å². The molecule has 0 aromatic heterocycles. The highest BCUT2D eigenvalue weighted by Gasteiger charge is 2.07. The summed E-state index contributed by atoms with van der Waals surface area (Å²) in [4.78, 5) is 2.27. The van der Waals surface area contributed by atoms with Crippen molar-refractivity contribution >= 4 is 24.8 Å². The summed E-state index contributed by atoms with van der Waals surface area (Å²) in [6, 6.07) is 0. The molecular formula is C8H16Cl2N2O. The maximum Gasteiger partial charge on any atom is 0.0603 e. The Morgan fingerprint density at radius 3 is 2.31 bits per heavy atom. The van der Waals surface area contributed by atoms with E-state index in [4.69, 9.17) is 10.5 Å². The number of rotatable bonds is 1. The van der Waals surface area contributed by atoms with E-state index in [-0.39, 0.29) is 24.8 Å². The molecule has 0 unspecified atom stereocenters. The zero-order chi connectivity index (χ0) is 7.94. The first-order valence-electron chi connectivity index (χ1n) is 3.89. The Bertz CT molecular complexity index is 161. The van der Waals surface area contributed by atoms with Crippen molar-refractivity contribution in [3.63, 3.8) is 0 Å². The quantitative estimate of drug-likeness (QED) is 0.647. The molecule has 0 saturated carbocycles. The summed E-state index contributed by atoms with van der Waals surface area (Å²) in [6.45, 7) is 4.97. The van der Waals surface area contributed by atoms with Gasteiger partial charge in [0.1, 0.15) is 0 Å². The summed E-state index contributed by atoms with van der Waals surface area (Å²) < 4.78 is 5.19. The van der Waals surface area contributed by atoms with Crippen molar-refractivity contribution < 1.29 is 4.74 Å². The topological polar surface area (TPSA) is 38.5 Å². The van der Waals surface area contributed by atoms with E-state index in [0.717, 1.165) is 32.8 Å². The lowest BCUT2D eigenvalue weighted by atomic mass is 10.4. The molecule has 0 aromatic carbocycles. The molecule has 13 heavy (non-hydrogen) atoms. The average Bonchev–Trinajstić information content (AvgIpc) is 2.07. The van der Waals surface area contributed by atoms with Crippen molar-refractivity contribution in [3.8, 4) is 11.8 Å². The predicted molar refractivity (Wildman–Crippen MR) is 58.6 cm³/mol. The molecule has 0 amide bonds. The summed E-state index contributed by atoms with van der Waals surface area (Å²) in [5.41, 5.74) is 5.23. The second-order valence-electron chi connectivity index (χ2n) is 2.45. The van der Waals surface area contributed by atoms with Crippen molar-refractivity contribution in [2.75, 3.05) is 39.4 Å². The van der Waals surface area contributed by atoms with Crippen LogP contribution in [0.4, 0.5) is 0 Å². The van der Waals surface area contributed by atoms with E-state index in [1.165, 1.54) is 0 Å². The van der Waals surface area contributed by atoms with Crippen molar-refractivity contribution in [1.82, 2.24) is 4.90 Å². The van der Waals surface area contributed by atoms with Crippen LogP contribution in [0.5, 0.6) is 0 Å². The van der Waals surface area contributed by atoms with Crippen LogP contribution in [-0.4, -0.2) is 44.3 Å². The number of ether oxygens (including phenoxy) is 1. The Labute approximate surface area is 91.8 Å². The average molecular weight is 227 g/mol. The van der Waals surface area contributed by atoms with E-state index in [2.05, 4.69) is 16.7 Å². The Kier molecular flexibility index (Phi) is 12.0. The molecule has 1 rings (SSSR count). The SMILES string of the molecule is Cl.Cl.NCC#CCN1CCOCC1. The number of halogens is 2. The van der Waals surface area contributed by atoms with Gasteiger partial charge in [0, 0.05) is 13.1 Å². The molecule has 1 aliphatic rings. The molecule has 3 nitrogen and oxygen atoms in total. The third-order valence-corrected chi connectivity index (χ3v) is 1.63. The minimum Gasteiger partial charge on any atom is -0.379 e. The second-order valence-corrected chi connectivity index (χ2v) is 2.45.